The minimum absolute atomic E-state index is 0.0687. The minimum Gasteiger partial charge on any atom is -0.353 e. The van der Waals surface area contributed by atoms with E-state index in [1.165, 1.54) is 0 Å². The largest absolute Gasteiger partial charge is 0.353 e. The van der Waals surface area contributed by atoms with E-state index in [0.29, 0.717) is 28.4 Å². The first-order valence-corrected chi connectivity index (χ1v) is 14.0. The molecule has 10 heteroatoms. The first kappa shape index (κ1) is 26.3. The maximum absolute atomic E-state index is 16.6. The van der Waals surface area contributed by atoms with Crippen LogP contribution in [0, 0.1) is 24.1 Å². The van der Waals surface area contributed by atoms with Crippen molar-refractivity contribution in [3.8, 4) is 17.2 Å². The monoisotopic (exact) mass is 565 g/mol. The summed E-state index contributed by atoms with van der Waals surface area (Å²) in [6, 6.07) is 10.2. The molecule has 0 radical (unpaired) electrons. The van der Waals surface area contributed by atoms with Gasteiger partial charge in [-0.25, -0.2) is 9.37 Å². The lowest BCUT2D eigenvalue weighted by molar-refractivity contribution is 0.246. The van der Waals surface area contributed by atoms with Crippen LogP contribution in [0.5, 0.6) is 0 Å². The number of nitriles is 1. The van der Waals surface area contributed by atoms with Gasteiger partial charge in [0.1, 0.15) is 11.3 Å². The van der Waals surface area contributed by atoms with Gasteiger partial charge in [0, 0.05) is 41.7 Å². The van der Waals surface area contributed by atoms with Crippen molar-refractivity contribution in [2.75, 3.05) is 38.6 Å². The summed E-state index contributed by atoms with van der Waals surface area (Å²) in [5, 5.41) is 19.8. The summed E-state index contributed by atoms with van der Waals surface area (Å²) in [4.78, 5) is 9.31. The third kappa shape index (κ3) is 4.42. The molecule has 2 aliphatic heterocycles. The average Bonchev–Trinajstić information content (AvgIpc) is 3.32. The Kier molecular flexibility index (Phi) is 6.88. The second-order valence-electron chi connectivity index (χ2n) is 10.9. The minimum atomic E-state index is -0.488. The zero-order valence-electron chi connectivity index (χ0n) is 22.2. The van der Waals surface area contributed by atoms with Crippen LogP contribution in [0.3, 0.4) is 0 Å². The van der Waals surface area contributed by atoms with E-state index >= 15 is 4.39 Å². The van der Waals surface area contributed by atoms with Gasteiger partial charge in [0.2, 0.25) is 0 Å². The molecule has 4 heterocycles. The molecule has 6 rings (SSSR count). The lowest BCUT2D eigenvalue weighted by Crippen LogP contribution is -2.57. The van der Waals surface area contributed by atoms with E-state index in [4.69, 9.17) is 33.3 Å². The topological polar surface area (TPSA) is 73.0 Å². The van der Waals surface area contributed by atoms with Crippen molar-refractivity contribution < 1.29 is 4.39 Å². The summed E-state index contributed by atoms with van der Waals surface area (Å²) in [5.41, 5.74) is 2.74. The molecule has 0 spiro atoms. The van der Waals surface area contributed by atoms with Gasteiger partial charge in [0.05, 0.1) is 45.7 Å². The third-order valence-corrected chi connectivity index (χ3v) is 9.01. The number of fused-ring (bicyclic) bond motifs is 3. The van der Waals surface area contributed by atoms with Crippen molar-refractivity contribution in [2.45, 2.75) is 44.3 Å². The summed E-state index contributed by atoms with van der Waals surface area (Å²) in [6.07, 6.45) is 3.91. The van der Waals surface area contributed by atoms with Gasteiger partial charge >= 0.3 is 0 Å². The van der Waals surface area contributed by atoms with Gasteiger partial charge in [-0.2, -0.15) is 10.4 Å². The number of benzene rings is 2. The molecular formula is C29H30Cl2FN7. The average molecular weight is 567 g/mol. The van der Waals surface area contributed by atoms with E-state index in [2.05, 4.69) is 35.3 Å². The van der Waals surface area contributed by atoms with Crippen LogP contribution >= 0.6 is 23.2 Å². The van der Waals surface area contributed by atoms with Crippen LogP contribution in [0.15, 0.2) is 30.5 Å². The highest BCUT2D eigenvalue weighted by molar-refractivity contribution is 6.37. The molecule has 2 aliphatic rings. The fourth-order valence-electron chi connectivity index (χ4n) is 5.89. The zero-order chi connectivity index (χ0) is 27.4. The molecule has 4 aromatic rings. The number of likely N-dealkylation sites (N-methyl/N-ethyl adjacent to an activating group) is 1. The van der Waals surface area contributed by atoms with Gasteiger partial charge in [0.15, 0.2) is 5.82 Å². The maximum atomic E-state index is 16.6. The molecule has 2 fully saturated rings. The Morgan fingerprint density at radius 3 is 2.77 bits per heavy atom. The maximum Gasteiger partial charge on any atom is 0.158 e. The molecule has 0 saturated carbocycles. The smallest absolute Gasteiger partial charge is 0.158 e. The molecule has 202 valence electrons. The van der Waals surface area contributed by atoms with Crippen molar-refractivity contribution in [1.29, 1.82) is 5.26 Å². The number of rotatable bonds is 5. The van der Waals surface area contributed by atoms with E-state index < -0.39 is 5.82 Å². The predicted molar refractivity (Wildman–Crippen MR) is 155 cm³/mol. The first-order chi connectivity index (χ1) is 18.8. The van der Waals surface area contributed by atoms with Gasteiger partial charge in [0.25, 0.3) is 0 Å². The Bertz CT molecular complexity index is 1620. The molecule has 7 nitrogen and oxygen atoms in total. The van der Waals surface area contributed by atoms with Crippen molar-refractivity contribution in [3.05, 3.63) is 51.9 Å². The van der Waals surface area contributed by atoms with Crippen molar-refractivity contribution >= 4 is 50.8 Å². The van der Waals surface area contributed by atoms with Gasteiger partial charge in [-0.3, -0.25) is 4.68 Å². The number of hydrogen-bond acceptors (Lipinski definition) is 6. The van der Waals surface area contributed by atoms with E-state index in [0.717, 1.165) is 54.8 Å². The molecule has 2 aromatic heterocycles. The Labute approximate surface area is 237 Å². The van der Waals surface area contributed by atoms with Crippen molar-refractivity contribution in [2.24, 2.45) is 0 Å². The van der Waals surface area contributed by atoms with Crippen molar-refractivity contribution in [3.63, 3.8) is 0 Å². The van der Waals surface area contributed by atoms with E-state index in [1.54, 1.807) is 12.1 Å². The van der Waals surface area contributed by atoms with Crippen molar-refractivity contribution in [1.82, 2.24) is 25.0 Å². The summed E-state index contributed by atoms with van der Waals surface area (Å²) in [7, 11) is 4.13. The SMILES string of the molecule is Cc1cccc(-c2c(Cl)cc3c(nc(N4CC(N(C)C)C4)c4cnn([C@H]5CCN[C@H](CC#N)C5)c43)c2F)c1Cl. The van der Waals surface area contributed by atoms with E-state index in [1.807, 2.05) is 29.9 Å². The number of halogens is 3. The summed E-state index contributed by atoms with van der Waals surface area (Å²) < 4.78 is 18.6. The highest BCUT2D eigenvalue weighted by Crippen LogP contribution is 2.44. The number of piperidine rings is 1. The molecule has 0 unspecified atom stereocenters. The van der Waals surface area contributed by atoms with Crippen LogP contribution in [-0.4, -0.2) is 65.5 Å². The first-order valence-electron chi connectivity index (χ1n) is 13.2. The molecule has 2 aromatic carbocycles. The number of nitrogens with zero attached hydrogens (tertiary/aromatic N) is 6. The Hall–Kier alpha value is -2.96. The van der Waals surface area contributed by atoms with Crippen LogP contribution in [-0.2, 0) is 0 Å². The van der Waals surface area contributed by atoms with E-state index in [9.17, 15) is 5.26 Å². The molecule has 0 aliphatic carbocycles. The number of pyridine rings is 1. The van der Waals surface area contributed by atoms with Crippen LogP contribution in [0.1, 0.15) is 30.9 Å². The number of hydrogen-bond donors (Lipinski definition) is 1. The quantitative estimate of drug-likeness (QED) is 0.321. The zero-order valence-corrected chi connectivity index (χ0v) is 23.7. The molecular weight excluding hydrogens is 536 g/mol. The van der Waals surface area contributed by atoms with Crippen LogP contribution in [0.2, 0.25) is 10.0 Å². The number of nitrogens with one attached hydrogen (secondary N) is 1. The molecule has 0 amide bonds. The fourth-order valence-corrected chi connectivity index (χ4v) is 6.41. The summed E-state index contributed by atoms with van der Waals surface area (Å²) >= 11 is 13.4. The standard InChI is InChI=1S/C29H30Cl2FN7/c1-16-5-4-6-20(25(16)31)24-23(30)12-21-27(26(24)32)36-29(38-14-19(15-38)37(2)3)22-13-35-39(28(21)22)18-8-10-34-17(11-18)7-9-33/h4-6,12-13,17-19,34H,7-8,10-11,14-15H2,1-3H3/t17-,18+/m1/s1. The number of anilines is 1. The number of aromatic nitrogens is 3. The van der Waals surface area contributed by atoms with Gasteiger partial charge in [-0.05, 0) is 52.0 Å². The Morgan fingerprint density at radius 1 is 1.23 bits per heavy atom. The second-order valence-corrected chi connectivity index (χ2v) is 11.7. The van der Waals surface area contributed by atoms with Gasteiger partial charge in [-0.15, -0.1) is 0 Å². The Morgan fingerprint density at radius 2 is 2.03 bits per heavy atom. The normalized spacial score (nSPS) is 20.1. The molecule has 1 N–H and O–H groups in total. The summed E-state index contributed by atoms with van der Waals surface area (Å²) in [5.74, 6) is 0.241. The lowest BCUT2D eigenvalue weighted by atomic mass is 9.96. The molecule has 2 saturated heterocycles. The Balaban J connectivity index is 1.58. The molecule has 0 bridgehead atoms. The van der Waals surface area contributed by atoms with Gasteiger partial charge < -0.3 is 15.1 Å². The van der Waals surface area contributed by atoms with Crippen LogP contribution < -0.4 is 10.2 Å². The molecule has 2 atom stereocenters. The summed E-state index contributed by atoms with van der Waals surface area (Å²) in [6.45, 7) is 4.28. The highest BCUT2D eigenvalue weighted by atomic mass is 35.5. The third-order valence-electron chi connectivity index (χ3n) is 8.21. The van der Waals surface area contributed by atoms with E-state index in [-0.39, 0.29) is 28.2 Å². The van der Waals surface area contributed by atoms with Crippen LogP contribution in [0.4, 0.5) is 10.2 Å². The fraction of sp³-hybridized carbons (Fsp3) is 0.414. The number of aryl methyl sites for hydroxylation is 1. The van der Waals surface area contributed by atoms with Gasteiger partial charge in [-0.1, -0.05) is 41.4 Å². The van der Waals surface area contributed by atoms with Crippen LogP contribution in [0.25, 0.3) is 32.9 Å². The lowest BCUT2D eigenvalue weighted by Gasteiger charge is -2.43. The highest BCUT2D eigenvalue weighted by Gasteiger charge is 2.33. The molecule has 39 heavy (non-hydrogen) atoms. The predicted octanol–water partition coefficient (Wildman–Crippen LogP) is 5.96. The second kappa shape index (κ2) is 10.2.